The molecule has 0 unspecified atom stereocenters. The van der Waals surface area contributed by atoms with Crippen LogP contribution in [0.1, 0.15) is 29.5 Å². The van der Waals surface area contributed by atoms with E-state index in [2.05, 4.69) is 52.8 Å². The van der Waals surface area contributed by atoms with Crippen molar-refractivity contribution < 1.29 is 14.3 Å². The van der Waals surface area contributed by atoms with Crippen LogP contribution in [0, 0.1) is 19.8 Å². The molecule has 0 radical (unpaired) electrons. The number of anilines is 1. The summed E-state index contributed by atoms with van der Waals surface area (Å²) < 4.78 is 11.0. The van der Waals surface area contributed by atoms with Crippen molar-refractivity contribution in [2.75, 3.05) is 58.4 Å². The number of piperazine rings is 1. The molecule has 2 heterocycles. The SMILES string of the molecule is COc1cccc(CN2CCC(C(=O)N3CCN(c4cccc(C)c4C)CC3)CC2)c1OC. The minimum Gasteiger partial charge on any atom is -0.493 e. The van der Waals surface area contributed by atoms with Crippen molar-refractivity contribution in [1.82, 2.24) is 9.80 Å². The van der Waals surface area contributed by atoms with Gasteiger partial charge in [-0.2, -0.15) is 0 Å². The van der Waals surface area contributed by atoms with Crippen LogP contribution in [0.5, 0.6) is 11.5 Å². The lowest BCUT2D eigenvalue weighted by atomic mass is 9.94. The smallest absolute Gasteiger partial charge is 0.225 e. The first-order chi connectivity index (χ1) is 16.0. The van der Waals surface area contributed by atoms with Crippen LogP contribution in [0.3, 0.4) is 0 Å². The third-order valence-corrected chi connectivity index (χ3v) is 7.32. The highest BCUT2D eigenvalue weighted by Crippen LogP contribution is 2.32. The maximum atomic E-state index is 13.2. The number of hydrogen-bond donors (Lipinski definition) is 0. The van der Waals surface area contributed by atoms with Gasteiger partial charge in [0, 0.05) is 49.9 Å². The van der Waals surface area contributed by atoms with Crippen LogP contribution >= 0.6 is 0 Å². The monoisotopic (exact) mass is 451 g/mol. The number of para-hydroxylation sites is 1. The predicted octanol–water partition coefficient (Wildman–Crippen LogP) is 3.88. The van der Waals surface area contributed by atoms with Crippen molar-refractivity contribution >= 4 is 11.6 Å². The summed E-state index contributed by atoms with van der Waals surface area (Å²) in [6.45, 7) is 10.5. The van der Waals surface area contributed by atoms with E-state index in [1.54, 1.807) is 14.2 Å². The summed E-state index contributed by atoms with van der Waals surface area (Å²) in [5.41, 5.74) is 5.11. The number of nitrogens with zero attached hydrogens (tertiary/aromatic N) is 3. The Balaban J connectivity index is 1.28. The Morgan fingerprint density at radius 1 is 0.909 bits per heavy atom. The molecule has 1 amide bonds. The van der Waals surface area contributed by atoms with E-state index in [4.69, 9.17) is 9.47 Å². The number of rotatable bonds is 6. The molecule has 0 aliphatic carbocycles. The Morgan fingerprint density at radius 3 is 2.27 bits per heavy atom. The lowest BCUT2D eigenvalue weighted by Gasteiger charge is -2.40. The second-order valence-electron chi connectivity index (χ2n) is 9.23. The number of benzene rings is 2. The number of carbonyl (C=O) groups excluding carboxylic acids is 1. The van der Waals surface area contributed by atoms with Gasteiger partial charge in [0.2, 0.25) is 5.91 Å². The summed E-state index contributed by atoms with van der Waals surface area (Å²) in [4.78, 5) is 20.2. The maximum absolute atomic E-state index is 13.2. The highest BCUT2D eigenvalue weighted by atomic mass is 16.5. The molecule has 0 aromatic heterocycles. The van der Waals surface area contributed by atoms with E-state index in [0.29, 0.717) is 5.91 Å². The third kappa shape index (κ3) is 5.11. The average Bonchev–Trinajstić information content (AvgIpc) is 2.85. The zero-order chi connectivity index (χ0) is 23.4. The number of ether oxygens (including phenoxy) is 2. The highest BCUT2D eigenvalue weighted by Gasteiger charge is 2.31. The summed E-state index contributed by atoms with van der Waals surface area (Å²) in [6, 6.07) is 12.5. The summed E-state index contributed by atoms with van der Waals surface area (Å²) in [5.74, 6) is 2.05. The number of aryl methyl sites for hydroxylation is 1. The minimum absolute atomic E-state index is 0.140. The Hall–Kier alpha value is -2.73. The van der Waals surface area contributed by atoms with Gasteiger partial charge in [-0.1, -0.05) is 24.3 Å². The zero-order valence-corrected chi connectivity index (χ0v) is 20.5. The number of carbonyl (C=O) groups is 1. The van der Waals surface area contributed by atoms with Crippen LogP contribution in [0.4, 0.5) is 5.69 Å². The second-order valence-corrected chi connectivity index (χ2v) is 9.23. The predicted molar refractivity (Wildman–Crippen MR) is 132 cm³/mol. The van der Waals surface area contributed by atoms with Crippen LogP contribution in [0.25, 0.3) is 0 Å². The number of amides is 1. The lowest BCUT2D eigenvalue weighted by Crippen LogP contribution is -2.51. The van der Waals surface area contributed by atoms with Crippen molar-refractivity contribution in [2.24, 2.45) is 5.92 Å². The molecular formula is C27H37N3O3. The quantitative estimate of drug-likeness (QED) is 0.667. The Kier molecular flexibility index (Phi) is 7.43. The van der Waals surface area contributed by atoms with Crippen molar-refractivity contribution in [3.63, 3.8) is 0 Å². The molecule has 0 N–H and O–H groups in total. The third-order valence-electron chi connectivity index (χ3n) is 7.32. The Morgan fingerprint density at radius 2 is 1.61 bits per heavy atom. The summed E-state index contributed by atoms with van der Waals surface area (Å²) in [5, 5.41) is 0. The van der Waals surface area contributed by atoms with Crippen molar-refractivity contribution in [2.45, 2.75) is 33.2 Å². The van der Waals surface area contributed by atoms with Gasteiger partial charge in [0.05, 0.1) is 14.2 Å². The largest absolute Gasteiger partial charge is 0.493 e. The molecule has 2 aliphatic heterocycles. The van der Waals surface area contributed by atoms with E-state index in [1.807, 2.05) is 12.1 Å². The first-order valence-electron chi connectivity index (χ1n) is 12.0. The van der Waals surface area contributed by atoms with Crippen LogP contribution in [0.15, 0.2) is 36.4 Å². The van der Waals surface area contributed by atoms with E-state index in [-0.39, 0.29) is 5.92 Å². The molecule has 178 valence electrons. The van der Waals surface area contributed by atoms with Crippen LogP contribution in [-0.4, -0.2) is 69.2 Å². The Labute approximate surface area is 198 Å². The van der Waals surface area contributed by atoms with E-state index in [0.717, 1.165) is 75.7 Å². The van der Waals surface area contributed by atoms with Gasteiger partial charge in [0.15, 0.2) is 11.5 Å². The fourth-order valence-electron chi connectivity index (χ4n) is 5.16. The van der Waals surface area contributed by atoms with Crippen molar-refractivity contribution in [3.8, 4) is 11.5 Å². The van der Waals surface area contributed by atoms with Gasteiger partial charge in [0.1, 0.15) is 0 Å². The van der Waals surface area contributed by atoms with Gasteiger partial charge in [-0.05, 0) is 63.0 Å². The van der Waals surface area contributed by atoms with Crippen LogP contribution in [0.2, 0.25) is 0 Å². The van der Waals surface area contributed by atoms with E-state index in [1.165, 1.54) is 16.8 Å². The molecule has 2 fully saturated rings. The highest BCUT2D eigenvalue weighted by molar-refractivity contribution is 5.79. The molecule has 0 atom stereocenters. The minimum atomic E-state index is 0.140. The molecule has 0 saturated carbocycles. The molecule has 6 heteroatoms. The standard InChI is InChI=1S/C27H37N3O3/c1-20-7-5-9-24(21(20)2)29-15-17-30(18-16-29)27(31)22-11-13-28(14-12-22)19-23-8-6-10-25(32-3)26(23)33-4/h5-10,22H,11-19H2,1-4H3. The fourth-order valence-corrected chi connectivity index (χ4v) is 5.16. The molecule has 6 nitrogen and oxygen atoms in total. The van der Waals surface area contributed by atoms with Gasteiger partial charge in [-0.15, -0.1) is 0 Å². The molecule has 4 rings (SSSR count). The van der Waals surface area contributed by atoms with Gasteiger partial charge in [-0.3, -0.25) is 9.69 Å². The van der Waals surface area contributed by atoms with E-state index < -0.39 is 0 Å². The van der Waals surface area contributed by atoms with Gasteiger partial charge in [-0.25, -0.2) is 0 Å². The van der Waals surface area contributed by atoms with Crippen molar-refractivity contribution in [3.05, 3.63) is 53.1 Å². The van der Waals surface area contributed by atoms with Crippen LogP contribution in [-0.2, 0) is 11.3 Å². The first kappa shape index (κ1) is 23.4. The normalized spacial score (nSPS) is 17.8. The molecule has 2 aromatic carbocycles. The molecule has 0 bridgehead atoms. The summed E-state index contributed by atoms with van der Waals surface area (Å²) >= 11 is 0. The molecule has 33 heavy (non-hydrogen) atoms. The maximum Gasteiger partial charge on any atom is 0.225 e. The van der Waals surface area contributed by atoms with E-state index >= 15 is 0 Å². The van der Waals surface area contributed by atoms with Gasteiger partial charge in [0.25, 0.3) is 0 Å². The molecule has 0 spiro atoms. The number of methoxy groups -OCH3 is 2. The number of piperidine rings is 1. The summed E-state index contributed by atoms with van der Waals surface area (Å²) in [7, 11) is 3.35. The topological polar surface area (TPSA) is 45.2 Å². The molecule has 2 aliphatic rings. The number of hydrogen-bond acceptors (Lipinski definition) is 5. The van der Waals surface area contributed by atoms with Crippen molar-refractivity contribution in [1.29, 1.82) is 0 Å². The molecule has 2 saturated heterocycles. The fraction of sp³-hybridized carbons (Fsp3) is 0.519. The Bertz CT molecular complexity index is 961. The average molecular weight is 452 g/mol. The zero-order valence-electron chi connectivity index (χ0n) is 20.5. The first-order valence-corrected chi connectivity index (χ1v) is 12.0. The molecular weight excluding hydrogens is 414 g/mol. The van der Waals surface area contributed by atoms with Crippen LogP contribution < -0.4 is 14.4 Å². The second kappa shape index (κ2) is 10.5. The van der Waals surface area contributed by atoms with Gasteiger partial charge < -0.3 is 19.3 Å². The molecule has 2 aromatic rings. The van der Waals surface area contributed by atoms with Gasteiger partial charge >= 0.3 is 0 Å². The lowest BCUT2D eigenvalue weighted by molar-refractivity contribution is -0.137. The van der Waals surface area contributed by atoms with E-state index in [9.17, 15) is 4.79 Å². The summed E-state index contributed by atoms with van der Waals surface area (Å²) in [6.07, 6.45) is 1.84. The number of likely N-dealkylation sites (tertiary alicyclic amines) is 1.